The van der Waals surface area contributed by atoms with Crippen molar-refractivity contribution in [1.29, 1.82) is 0 Å². The van der Waals surface area contributed by atoms with E-state index in [1.807, 2.05) is 0 Å². The minimum atomic E-state index is 0.502. The molecule has 0 spiro atoms. The van der Waals surface area contributed by atoms with Crippen LogP contribution in [0.3, 0.4) is 0 Å². The maximum Gasteiger partial charge on any atom is 0.180 e. The van der Waals surface area contributed by atoms with Crippen LogP contribution in [0.25, 0.3) is 11.5 Å². The van der Waals surface area contributed by atoms with Crippen molar-refractivity contribution < 1.29 is 0 Å². The second-order valence-electron chi connectivity index (χ2n) is 2.77. The van der Waals surface area contributed by atoms with E-state index >= 15 is 0 Å². The van der Waals surface area contributed by atoms with Gasteiger partial charge in [-0.25, -0.2) is 15.8 Å². The summed E-state index contributed by atoms with van der Waals surface area (Å²) in [4.78, 5) is 12.3. The van der Waals surface area contributed by atoms with Gasteiger partial charge in [-0.05, 0) is 12.1 Å². The summed E-state index contributed by atoms with van der Waals surface area (Å²) in [6.45, 7) is 0. The van der Waals surface area contributed by atoms with E-state index in [9.17, 15) is 0 Å². The average molecular weight is 222 g/mol. The number of hydrogen-bond donors (Lipinski definition) is 2. The number of nitrogen functional groups attached to an aromatic ring is 1. The topological polar surface area (TPSA) is 76.7 Å². The molecule has 6 heteroatoms. The second kappa shape index (κ2) is 4.20. The molecule has 0 aromatic carbocycles. The van der Waals surface area contributed by atoms with Gasteiger partial charge in [-0.15, -0.1) is 0 Å². The van der Waals surface area contributed by atoms with Crippen molar-refractivity contribution in [3.05, 3.63) is 35.6 Å². The van der Waals surface area contributed by atoms with Crippen LogP contribution in [0, 0.1) is 0 Å². The van der Waals surface area contributed by atoms with Crippen molar-refractivity contribution in [1.82, 2.24) is 15.0 Å². The number of aromatic nitrogens is 3. The fourth-order valence-corrected chi connectivity index (χ4v) is 1.18. The Balaban J connectivity index is 2.40. The predicted octanol–water partition coefficient (Wildman–Crippen LogP) is 1.48. The highest BCUT2D eigenvalue weighted by Crippen LogP contribution is 2.15. The monoisotopic (exact) mass is 221 g/mol. The van der Waals surface area contributed by atoms with E-state index in [-0.39, 0.29) is 0 Å². The molecule has 2 heterocycles. The van der Waals surface area contributed by atoms with E-state index in [4.69, 9.17) is 17.4 Å². The van der Waals surface area contributed by atoms with Gasteiger partial charge in [0, 0.05) is 18.5 Å². The van der Waals surface area contributed by atoms with Gasteiger partial charge in [-0.3, -0.25) is 4.98 Å². The number of halogens is 1. The highest BCUT2D eigenvalue weighted by Gasteiger charge is 2.02. The summed E-state index contributed by atoms with van der Waals surface area (Å²) in [6, 6.07) is 5.15. The van der Waals surface area contributed by atoms with Crippen molar-refractivity contribution in [3.8, 4) is 11.5 Å². The van der Waals surface area contributed by atoms with Crippen LogP contribution in [0.1, 0.15) is 0 Å². The molecule has 2 rings (SSSR count). The molecule has 15 heavy (non-hydrogen) atoms. The van der Waals surface area contributed by atoms with Gasteiger partial charge in [-0.1, -0.05) is 11.6 Å². The van der Waals surface area contributed by atoms with Crippen LogP contribution in [0.2, 0.25) is 5.02 Å². The molecule has 0 aliphatic heterocycles. The number of hydrogen-bond acceptors (Lipinski definition) is 5. The number of anilines is 1. The molecule has 76 valence electrons. The van der Waals surface area contributed by atoms with E-state index in [1.165, 1.54) is 0 Å². The third kappa shape index (κ3) is 2.20. The Hall–Kier alpha value is -1.72. The van der Waals surface area contributed by atoms with E-state index < -0.39 is 0 Å². The molecular weight excluding hydrogens is 214 g/mol. The Labute approximate surface area is 91.3 Å². The standard InChI is InChI=1S/C9H8ClN5/c10-6-1-2-7(13-5-6)9-12-4-3-8(14-9)15-11/h1-5H,11H2,(H,12,14,15). The maximum atomic E-state index is 5.72. The molecule has 0 radical (unpaired) electrons. The Morgan fingerprint density at radius 2 is 2.07 bits per heavy atom. The first-order valence-corrected chi connectivity index (χ1v) is 4.59. The quantitative estimate of drug-likeness (QED) is 0.593. The number of hydrazine groups is 1. The molecule has 0 bridgehead atoms. The van der Waals surface area contributed by atoms with E-state index in [0.29, 0.717) is 22.4 Å². The van der Waals surface area contributed by atoms with Crippen molar-refractivity contribution in [2.24, 2.45) is 5.84 Å². The largest absolute Gasteiger partial charge is 0.308 e. The lowest BCUT2D eigenvalue weighted by atomic mass is 10.3. The maximum absolute atomic E-state index is 5.72. The van der Waals surface area contributed by atoms with Crippen molar-refractivity contribution >= 4 is 17.4 Å². The Bertz CT molecular complexity index is 456. The van der Waals surface area contributed by atoms with E-state index in [0.717, 1.165) is 0 Å². The minimum Gasteiger partial charge on any atom is -0.308 e. The van der Waals surface area contributed by atoms with Crippen LogP contribution >= 0.6 is 11.6 Å². The lowest BCUT2D eigenvalue weighted by Crippen LogP contribution is -2.09. The van der Waals surface area contributed by atoms with Crippen LogP contribution in [0.4, 0.5) is 5.82 Å². The molecule has 0 fully saturated rings. The highest BCUT2D eigenvalue weighted by atomic mass is 35.5. The first-order chi connectivity index (χ1) is 7.29. The lowest BCUT2D eigenvalue weighted by Gasteiger charge is -2.01. The first kappa shape index (κ1) is 9.82. The molecule has 2 aromatic rings. The molecule has 5 nitrogen and oxygen atoms in total. The lowest BCUT2D eigenvalue weighted by molar-refractivity contribution is 1.12. The van der Waals surface area contributed by atoms with Gasteiger partial charge in [-0.2, -0.15) is 0 Å². The molecule has 0 saturated heterocycles. The van der Waals surface area contributed by atoms with E-state index in [2.05, 4.69) is 20.4 Å². The summed E-state index contributed by atoms with van der Waals surface area (Å²) in [5, 5.41) is 0.576. The second-order valence-corrected chi connectivity index (χ2v) is 3.21. The normalized spacial score (nSPS) is 10.0. The Morgan fingerprint density at radius 3 is 2.73 bits per heavy atom. The zero-order valence-corrected chi connectivity index (χ0v) is 8.44. The van der Waals surface area contributed by atoms with Crippen LogP contribution in [-0.4, -0.2) is 15.0 Å². The molecule has 0 aliphatic carbocycles. The van der Waals surface area contributed by atoms with Crippen LogP contribution in [0.5, 0.6) is 0 Å². The van der Waals surface area contributed by atoms with Gasteiger partial charge in [0.15, 0.2) is 5.82 Å². The summed E-state index contributed by atoms with van der Waals surface area (Å²) in [5.41, 5.74) is 3.09. The van der Waals surface area contributed by atoms with Gasteiger partial charge >= 0.3 is 0 Å². The third-order valence-corrected chi connectivity index (χ3v) is 1.98. The molecule has 3 N–H and O–H groups in total. The van der Waals surface area contributed by atoms with Crippen molar-refractivity contribution in [2.45, 2.75) is 0 Å². The van der Waals surface area contributed by atoms with Crippen molar-refractivity contribution in [2.75, 3.05) is 5.43 Å². The number of pyridine rings is 1. The first-order valence-electron chi connectivity index (χ1n) is 4.21. The molecule has 0 atom stereocenters. The molecule has 0 amide bonds. The number of rotatable bonds is 2. The van der Waals surface area contributed by atoms with Crippen LogP contribution < -0.4 is 11.3 Å². The van der Waals surface area contributed by atoms with Gasteiger partial charge in [0.2, 0.25) is 0 Å². The molecule has 0 aliphatic rings. The average Bonchev–Trinajstić information content (AvgIpc) is 2.30. The summed E-state index contributed by atoms with van der Waals surface area (Å²) >= 11 is 5.72. The summed E-state index contributed by atoms with van der Waals surface area (Å²) in [7, 11) is 0. The van der Waals surface area contributed by atoms with Gasteiger partial charge in [0.25, 0.3) is 0 Å². The zero-order valence-electron chi connectivity index (χ0n) is 7.68. The van der Waals surface area contributed by atoms with E-state index in [1.54, 1.807) is 30.6 Å². The highest BCUT2D eigenvalue weighted by molar-refractivity contribution is 6.30. The van der Waals surface area contributed by atoms with Crippen LogP contribution in [0.15, 0.2) is 30.6 Å². The fraction of sp³-hybridized carbons (Fsp3) is 0. The SMILES string of the molecule is NNc1ccnc(-c2ccc(Cl)cn2)n1. The third-order valence-electron chi connectivity index (χ3n) is 1.76. The van der Waals surface area contributed by atoms with Gasteiger partial charge in [0.05, 0.1) is 5.02 Å². The molecule has 0 unspecified atom stereocenters. The number of nitrogens with zero attached hydrogens (tertiary/aromatic N) is 3. The summed E-state index contributed by atoms with van der Waals surface area (Å²) < 4.78 is 0. The van der Waals surface area contributed by atoms with Gasteiger partial charge < -0.3 is 5.43 Å². The van der Waals surface area contributed by atoms with Crippen molar-refractivity contribution in [3.63, 3.8) is 0 Å². The smallest absolute Gasteiger partial charge is 0.180 e. The summed E-state index contributed by atoms with van der Waals surface area (Å²) in [6.07, 6.45) is 3.15. The number of nitrogens with one attached hydrogen (secondary N) is 1. The molecular formula is C9H8ClN5. The van der Waals surface area contributed by atoms with Gasteiger partial charge in [0.1, 0.15) is 11.5 Å². The molecule has 2 aromatic heterocycles. The summed E-state index contributed by atoms with van der Waals surface area (Å²) in [5.74, 6) is 6.28. The fourth-order valence-electron chi connectivity index (χ4n) is 1.07. The minimum absolute atomic E-state index is 0.502. The van der Waals surface area contributed by atoms with Crippen LogP contribution in [-0.2, 0) is 0 Å². The predicted molar refractivity (Wildman–Crippen MR) is 58.1 cm³/mol. The molecule has 0 saturated carbocycles. The Kier molecular flexibility index (Phi) is 2.75. The number of nitrogens with two attached hydrogens (primary N) is 1. The zero-order chi connectivity index (χ0) is 10.7. The Morgan fingerprint density at radius 1 is 1.20 bits per heavy atom.